The maximum Gasteiger partial charge on any atom is 0.133 e. The molecule has 2 rings (SSSR count). The molecule has 0 aromatic heterocycles. The minimum absolute atomic E-state index is 0.0478. The molecule has 2 aliphatic carbocycles. The van der Waals surface area contributed by atoms with Gasteiger partial charge in [-0.15, -0.1) is 0 Å². The highest BCUT2D eigenvalue weighted by Gasteiger charge is 2.46. The van der Waals surface area contributed by atoms with E-state index in [1.54, 1.807) is 0 Å². The maximum atomic E-state index is 11.3. The van der Waals surface area contributed by atoms with Gasteiger partial charge in [0.15, 0.2) is 0 Å². The van der Waals surface area contributed by atoms with Gasteiger partial charge in [-0.25, -0.2) is 0 Å². The summed E-state index contributed by atoms with van der Waals surface area (Å²) in [7, 11) is 0. The molecule has 0 spiro atoms. The van der Waals surface area contributed by atoms with E-state index in [0.29, 0.717) is 24.5 Å². The molecule has 0 bridgehead atoms. The van der Waals surface area contributed by atoms with Crippen LogP contribution in [0.2, 0.25) is 0 Å². The zero-order chi connectivity index (χ0) is 9.47. The van der Waals surface area contributed by atoms with Gasteiger partial charge in [0.1, 0.15) is 5.78 Å². The van der Waals surface area contributed by atoms with Crippen LogP contribution in [0.4, 0.5) is 0 Å². The number of ketones is 1. The van der Waals surface area contributed by atoms with E-state index in [2.05, 4.69) is 6.92 Å². The van der Waals surface area contributed by atoms with Crippen molar-refractivity contribution in [2.45, 2.75) is 51.6 Å². The molecule has 0 heterocycles. The average Bonchev–Trinajstić information content (AvgIpc) is 2.09. The summed E-state index contributed by atoms with van der Waals surface area (Å²) in [5, 5.41) is 9.94. The fourth-order valence-electron chi connectivity index (χ4n) is 2.98. The van der Waals surface area contributed by atoms with Crippen LogP contribution in [-0.4, -0.2) is 17.0 Å². The van der Waals surface area contributed by atoms with E-state index in [4.69, 9.17) is 0 Å². The third kappa shape index (κ3) is 1.41. The highest BCUT2D eigenvalue weighted by atomic mass is 16.3. The zero-order valence-electron chi connectivity index (χ0n) is 8.25. The second kappa shape index (κ2) is 3.09. The van der Waals surface area contributed by atoms with Crippen LogP contribution in [0.5, 0.6) is 0 Å². The largest absolute Gasteiger partial charge is 0.393 e. The van der Waals surface area contributed by atoms with Crippen LogP contribution >= 0.6 is 0 Å². The fourth-order valence-corrected chi connectivity index (χ4v) is 2.98. The number of Topliss-reactive ketones (excluding diaryl/α,β-unsaturated/α-hetero) is 1. The van der Waals surface area contributed by atoms with E-state index in [-0.39, 0.29) is 11.5 Å². The molecule has 0 radical (unpaired) electrons. The standard InChI is InChI=1S/C11H18O2/c1-11-6-5-9(12)7-8(11)3-2-4-10(11)13/h8,10,13H,2-7H2,1H3/t8-,10-,11+/m1/s1. The van der Waals surface area contributed by atoms with Gasteiger partial charge >= 0.3 is 0 Å². The molecule has 2 fully saturated rings. The second-order valence-corrected chi connectivity index (χ2v) is 4.89. The minimum Gasteiger partial charge on any atom is -0.393 e. The molecule has 2 nitrogen and oxygen atoms in total. The predicted molar refractivity (Wildman–Crippen MR) is 50.3 cm³/mol. The first-order valence-corrected chi connectivity index (χ1v) is 5.33. The number of aliphatic hydroxyl groups is 1. The van der Waals surface area contributed by atoms with Crippen molar-refractivity contribution in [3.63, 3.8) is 0 Å². The third-order valence-corrected chi connectivity index (χ3v) is 4.14. The van der Waals surface area contributed by atoms with Crippen LogP contribution in [0.3, 0.4) is 0 Å². The smallest absolute Gasteiger partial charge is 0.133 e. The van der Waals surface area contributed by atoms with E-state index in [1.807, 2.05) is 0 Å². The monoisotopic (exact) mass is 182 g/mol. The van der Waals surface area contributed by atoms with Crippen molar-refractivity contribution in [2.75, 3.05) is 0 Å². The molecule has 0 amide bonds. The topological polar surface area (TPSA) is 37.3 Å². The van der Waals surface area contributed by atoms with E-state index >= 15 is 0 Å². The first-order chi connectivity index (χ1) is 6.13. The molecule has 3 atom stereocenters. The average molecular weight is 182 g/mol. The van der Waals surface area contributed by atoms with E-state index in [1.165, 1.54) is 0 Å². The van der Waals surface area contributed by atoms with Crippen LogP contribution in [0.25, 0.3) is 0 Å². The van der Waals surface area contributed by atoms with Gasteiger partial charge in [0.25, 0.3) is 0 Å². The molecule has 74 valence electrons. The van der Waals surface area contributed by atoms with Crippen molar-refractivity contribution < 1.29 is 9.90 Å². The molecule has 0 aliphatic heterocycles. The zero-order valence-corrected chi connectivity index (χ0v) is 8.25. The molecule has 0 aromatic carbocycles. The summed E-state index contributed by atoms with van der Waals surface area (Å²) in [6.07, 6.45) is 5.30. The Labute approximate surface area is 79.3 Å². The lowest BCUT2D eigenvalue weighted by Gasteiger charge is -2.47. The lowest BCUT2D eigenvalue weighted by Crippen LogP contribution is -2.46. The van der Waals surface area contributed by atoms with Crippen LogP contribution in [-0.2, 0) is 4.79 Å². The highest BCUT2D eigenvalue weighted by Crippen LogP contribution is 2.49. The molecule has 2 heteroatoms. The van der Waals surface area contributed by atoms with Gasteiger partial charge in [0.2, 0.25) is 0 Å². The minimum atomic E-state index is -0.167. The molecular weight excluding hydrogens is 164 g/mol. The van der Waals surface area contributed by atoms with E-state index in [9.17, 15) is 9.90 Å². The summed E-state index contributed by atoms with van der Waals surface area (Å²) in [4.78, 5) is 11.3. The number of aliphatic hydroxyl groups excluding tert-OH is 1. The second-order valence-electron chi connectivity index (χ2n) is 4.89. The molecule has 1 N–H and O–H groups in total. The van der Waals surface area contributed by atoms with Gasteiger partial charge in [-0.1, -0.05) is 13.3 Å². The molecule has 2 aliphatic rings. The Morgan fingerprint density at radius 3 is 3.00 bits per heavy atom. The van der Waals surface area contributed by atoms with Crippen LogP contribution < -0.4 is 0 Å². The third-order valence-electron chi connectivity index (χ3n) is 4.14. The summed E-state index contributed by atoms with van der Waals surface area (Å²) in [5.41, 5.74) is 0.0478. The van der Waals surface area contributed by atoms with E-state index < -0.39 is 0 Å². The van der Waals surface area contributed by atoms with Crippen molar-refractivity contribution in [2.24, 2.45) is 11.3 Å². The summed E-state index contributed by atoms with van der Waals surface area (Å²) in [6.45, 7) is 2.16. The molecule has 0 aromatic rings. The number of hydrogen-bond donors (Lipinski definition) is 1. The summed E-state index contributed by atoms with van der Waals surface area (Å²) in [5.74, 6) is 0.856. The number of rotatable bonds is 0. The Morgan fingerprint density at radius 2 is 2.23 bits per heavy atom. The lowest BCUT2D eigenvalue weighted by atomic mass is 9.59. The Balaban J connectivity index is 2.17. The number of carbonyl (C=O) groups is 1. The van der Waals surface area contributed by atoms with Gasteiger partial charge in [-0.05, 0) is 30.6 Å². The van der Waals surface area contributed by atoms with Crippen LogP contribution in [0.1, 0.15) is 45.4 Å². The maximum absolute atomic E-state index is 11.3. The van der Waals surface area contributed by atoms with Gasteiger partial charge in [0.05, 0.1) is 6.10 Å². The lowest BCUT2D eigenvalue weighted by molar-refractivity contribution is -0.131. The Kier molecular flexibility index (Phi) is 2.18. The quantitative estimate of drug-likeness (QED) is 0.621. The fraction of sp³-hybridized carbons (Fsp3) is 0.909. The van der Waals surface area contributed by atoms with Gasteiger partial charge in [0, 0.05) is 12.8 Å². The van der Waals surface area contributed by atoms with Crippen molar-refractivity contribution in [1.82, 2.24) is 0 Å². The normalized spacial score (nSPS) is 45.8. The Hall–Kier alpha value is -0.370. The van der Waals surface area contributed by atoms with Crippen molar-refractivity contribution >= 4 is 5.78 Å². The SMILES string of the molecule is C[C@]12CCC(=O)C[C@H]1CCC[C@H]2O. The first-order valence-electron chi connectivity index (χ1n) is 5.33. The van der Waals surface area contributed by atoms with Gasteiger partial charge in [-0.3, -0.25) is 4.79 Å². The first kappa shape index (κ1) is 9.20. The highest BCUT2D eigenvalue weighted by molar-refractivity contribution is 5.79. The van der Waals surface area contributed by atoms with Gasteiger partial charge < -0.3 is 5.11 Å². The summed E-state index contributed by atoms with van der Waals surface area (Å²) >= 11 is 0. The van der Waals surface area contributed by atoms with Crippen LogP contribution in [0, 0.1) is 11.3 Å². The Morgan fingerprint density at radius 1 is 1.46 bits per heavy atom. The molecule has 2 saturated carbocycles. The van der Waals surface area contributed by atoms with Crippen molar-refractivity contribution in [3.8, 4) is 0 Å². The molecule has 0 saturated heterocycles. The molecular formula is C11H18O2. The van der Waals surface area contributed by atoms with E-state index in [0.717, 1.165) is 25.7 Å². The number of hydrogen-bond acceptors (Lipinski definition) is 2. The number of carbonyl (C=O) groups excluding carboxylic acids is 1. The van der Waals surface area contributed by atoms with Crippen LogP contribution in [0.15, 0.2) is 0 Å². The Bertz CT molecular complexity index is 224. The summed E-state index contributed by atoms with van der Waals surface area (Å²) in [6, 6.07) is 0. The number of fused-ring (bicyclic) bond motifs is 1. The molecule has 0 unspecified atom stereocenters. The molecule has 13 heavy (non-hydrogen) atoms. The van der Waals surface area contributed by atoms with Crippen molar-refractivity contribution in [1.29, 1.82) is 0 Å². The summed E-state index contributed by atoms with van der Waals surface area (Å²) < 4.78 is 0. The predicted octanol–water partition coefficient (Wildman–Crippen LogP) is 1.91. The van der Waals surface area contributed by atoms with Gasteiger partial charge in [-0.2, -0.15) is 0 Å². The van der Waals surface area contributed by atoms with Crippen molar-refractivity contribution in [3.05, 3.63) is 0 Å².